The highest BCUT2D eigenvalue weighted by Crippen LogP contribution is 2.40. The number of methoxy groups -OCH3 is 2. The van der Waals surface area contributed by atoms with E-state index in [9.17, 15) is 0 Å². The van der Waals surface area contributed by atoms with Crippen LogP contribution in [-0.2, 0) is 19.3 Å². The van der Waals surface area contributed by atoms with E-state index in [4.69, 9.17) is 14.2 Å². The minimum atomic E-state index is 0.497. The highest BCUT2D eigenvalue weighted by Gasteiger charge is 2.24. The highest BCUT2D eigenvalue weighted by atomic mass is 16.5. The van der Waals surface area contributed by atoms with Crippen LogP contribution in [0.2, 0.25) is 0 Å². The SMILES string of the molecule is CCN(CCc1ccc(OCCN2CCCCC2)cc1)c1cc(OC)ccc1C1CCc2cc(OC)ccc2C1. The van der Waals surface area contributed by atoms with Gasteiger partial charge in [0.25, 0.3) is 0 Å². The lowest BCUT2D eigenvalue weighted by atomic mass is 9.79. The Morgan fingerprint density at radius 3 is 2.30 bits per heavy atom. The lowest BCUT2D eigenvalue weighted by Crippen LogP contribution is -2.33. The van der Waals surface area contributed by atoms with Crippen LogP contribution >= 0.6 is 0 Å². The summed E-state index contributed by atoms with van der Waals surface area (Å²) in [7, 11) is 3.51. The van der Waals surface area contributed by atoms with Crippen LogP contribution in [0, 0.1) is 0 Å². The van der Waals surface area contributed by atoms with Crippen LogP contribution in [-0.4, -0.2) is 58.5 Å². The molecule has 5 nitrogen and oxygen atoms in total. The van der Waals surface area contributed by atoms with Crippen LogP contribution in [0.15, 0.2) is 60.7 Å². The number of hydrogen-bond acceptors (Lipinski definition) is 5. The Balaban J connectivity index is 1.22. The van der Waals surface area contributed by atoms with Crippen LogP contribution in [0.25, 0.3) is 0 Å². The number of rotatable bonds is 12. The van der Waals surface area contributed by atoms with Gasteiger partial charge in [0.1, 0.15) is 23.9 Å². The van der Waals surface area contributed by atoms with Crippen molar-refractivity contribution in [3.8, 4) is 17.2 Å². The van der Waals surface area contributed by atoms with E-state index < -0.39 is 0 Å². The number of piperidine rings is 1. The second-order valence-electron chi connectivity index (χ2n) is 11.2. The topological polar surface area (TPSA) is 34.2 Å². The summed E-state index contributed by atoms with van der Waals surface area (Å²) in [6.45, 7) is 8.40. The molecule has 0 saturated carbocycles. The van der Waals surface area contributed by atoms with E-state index in [0.29, 0.717) is 5.92 Å². The fraction of sp³-hybridized carbons (Fsp3) is 0.486. The summed E-state index contributed by atoms with van der Waals surface area (Å²) < 4.78 is 17.2. The van der Waals surface area contributed by atoms with Crippen molar-refractivity contribution >= 4 is 5.69 Å². The smallest absolute Gasteiger partial charge is 0.120 e. The Morgan fingerprint density at radius 1 is 0.825 bits per heavy atom. The van der Waals surface area contributed by atoms with Gasteiger partial charge >= 0.3 is 0 Å². The molecule has 1 unspecified atom stereocenters. The molecular weight excluding hydrogens is 496 g/mol. The van der Waals surface area contributed by atoms with E-state index in [1.165, 1.54) is 60.3 Å². The van der Waals surface area contributed by atoms with Crippen LogP contribution in [0.4, 0.5) is 5.69 Å². The molecule has 0 radical (unpaired) electrons. The van der Waals surface area contributed by atoms with Crippen LogP contribution < -0.4 is 19.1 Å². The molecule has 1 aliphatic carbocycles. The summed E-state index contributed by atoms with van der Waals surface area (Å²) in [5, 5.41) is 0. The first kappa shape index (κ1) is 28.4. The summed E-state index contributed by atoms with van der Waals surface area (Å²) >= 11 is 0. The fourth-order valence-electron chi connectivity index (χ4n) is 6.33. The molecule has 0 bridgehead atoms. The van der Waals surface area contributed by atoms with E-state index >= 15 is 0 Å². The van der Waals surface area contributed by atoms with Crippen LogP contribution in [0.5, 0.6) is 17.2 Å². The Labute approximate surface area is 241 Å². The Hall–Kier alpha value is -3.18. The molecule has 0 spiro atoms. The summed E-state index contributed by atoms with van der Waals surface area (Å²) in [6, 6.07) is 21.9. The molecule has 5 heteroatoms. The third-order valence-corrected chi connectivity index (χ3v) is 8.76. The van der Waals surface area contributed by atoms with Gasteiger partial charge in [-0.1, -0.05) is 30.7 Å². The van der Waals surface area contributed by atoms with Gasteiger partial charge in [-0.15, -0.1) is 0 Å². The molecule has 1 fully saturated rings. The number of nitrogens with zero attached hydrogens (tertiary/aromatic N) is 2. The molecule has 1 saturated heterocycles. The zero-order chi connectivity index (χ0) is 27.7. The lowest BCUT2D eigenvalue weighted by molar-refractivity contribution is 0.183. The van der Waals surface area contributed by atoms with Crippen molar-refractivity contribution in [2.75, 3.05) is 58.5 Å². The molecule has 5 rings (SSSR count). The summed E-state index contributed by atoms with van der Waals surface area (Å²) in [6.07, 6.45) is 8.31. The van der Waals surface area contributed by atoms with Crippen molar-refractivity contribution < 1.29 is 14.2 Å². The number of aryl methyl sites for hydroxylation is 1. The lowest BCUT2D eigenvalue weighted by Gasteiger charge is -2.32. The molecule has 0 N–H and O–H groups in total. The molecule has 214 valence electrons. The van der Waals surface area contributed by atoms with Gasteiger partial charge in [-0.25, -0.2) is 0 Å². The molecule has 3 aromatic rings. The van der Waals surface area contributed by atoms with Gasteiger partial charge in [-0.3, -0.25) is 4.90 Å². The van der Waals surface area contributed by atoms with Crippen LogP contribution in [0.1, 0.15) is 60.8 Å². The predicted octanol–water partition coefficient (Wildman–Crippen LogP) is 6.91. The van der Waals surface area contributed by atoms with Crippen molar-refractivity contribution in [2.45, 2.75) is 57.8 Å². The normalized spacial score (nSPS) is 17.2. The van der Waals surface area contributed by atoms with Gasteiger partial charge in [-0.2, -0.15) is 0 Å². The van der Waals surface area contributed by atoms with Crippen molar-refractivity contribution in [2.24, 2.45) is 0 Å². The first-order valence-electron chi connectivity index (χ1n) is 15.2. The highest BCUT2D eigenvalue weighted by molar-refractivity contribution is 5.59. The van der Waals surface area contributed by atoms with Gasteiger partial charge in [0.05, 0.1) is 14.2 Å². The van der Waals surface area contributed by atoms with Crippen LogP contribution in [0.3, 0.4) is 0 Å². The molecule has 2 aliphatic rings. The van der Waals surface area contributed by atoms with Gasteiger partial charge in [0.2, 0.25) is 0 Å². The quantitative estimate of drug-likeness (QED) is 0.248. The molecule has 3 aromatic carbocycles. The third kappa shape index (κ3) is 7.11. The molecule has 1 aliphatic heterocycles. The third-order valence-electron chi connectivity index (χ3n) is 8.76. The van der Waals surface area contributed by atoms with Crippen molar-refractivity contribution in [3.63, 3.8) is 0 Å². The molecule has 1 atom stereocenters. The number of ether oxygens (including phenoxy) is 3. The minimum absolute atomic E-state index is 0.497. The number of likely N-dealkylation sites (tertiary alicyclic amines) is 1. The van der Waals surface area contributed by atoms with E-state index in [1.54, 1.807) is 14.2 Å². The van der Waals surface area contributed by atoms with E-state index in [-0.39, 0.29) is 0 Å². The first-order chi connectivity index (χ1) is 19.7. The molecule has 40 heavy (non-hydrogen) atoms. The van der Waals surface area contributed by atoms with Gasteiger partial charge < -0.3 is 19.1 Å². The first-order valence-corrected chi connectivity index (χ1v) is 15.2. The zero-order valence-electron chi connectivity index (χ0n) is 24.7. The number of hydrogen-bond donors (Lipinski definition) is 0. The molecule has 1 heterocycles. The number of benzene rings is 3. The van der Waals surface area contributed by atoms with E-state index in [2.05, 4.69) is 77.4 Å². The molecule has 0 aromatic heterocycles. The Bertz CT molecular complexity index is 1220. The monoisotopic (exact) mass is 542 g/mol. The van der Waals surface area contributed by atoms with Gasteiger partial charge in [0, 0.05) is 31.4 Å². The maximum atomic E-state index is 6.05. The average Bonchev–Trinajstić information content (AvgIpc) is 3.02. The molecular formula is C35H46N2O3. The maximum absolute atomic E-state index is 6.05. The predicted molar refractivity (Wildman–Crippen MR) is 165 cm³/mol. The number of anilines is 1. The Morgan fingerprint density at radius 2 is 1.55 bits per heavy atom. The maximum Gasteiger partial charge on any atom is 0.120 e. The minimum Gasteiger partial charge on any atom is -0.497 e. The number of fused-ring (bicyclic) bond motifs is 1. The van der Waals surface area contributed by atoms with Crippen molar-refractivity contribution in [1.29, 1.82) is 0 Å². The average molecular weight is 543 g/mol. The van der Waals surface area contributed by atoms with Crippen molar-refractivity contribution in [1.82, 2.24) is 4.90 Å². The number of likely N-dealkylation sites (N-methyl/N-ethyl adjacent to an activating group) is 1. The summed E-state index contributed by atoms with van der Waals surface area (Å²) in [4.78, 5) is 5.04. The second-order valence-corrected chi connectivity index (χ2v) is 11.2. The van der Waals surface area contributed by atoms with E-state index in [0.717, 1.165) is 69.2 Å². The standard InChI is InChI=1S/C35H46N2O3/c1-4-37(21-18-27-8-13-31(14-9-27)40-23-22-36-19-6-5-7-20-36)35-26-33(39-3)16-17-34(35)30-11-10-29-25-32(38-2)15-12-28(29)24-30/h8-9,12-17,25-26,30H,4-7,10-11,18-24H2,1-3H3. The molecule has 0 amide bonds. The van der Waals surface area contributed by atoms with E-state index in [1.807, 2.05) is 0 Å². The van der Waals surface area contributed by atoms with Gasteiger partial charge in [0.15, 0.2) is 0 Å². The largest absolute Gasteiger partial charge is 0.497 e. The summed E-state index contributed by atoms with van der Waals surface area (Å²) in [5.41, 5.74) is 6.95. The Kier molecular flexibility index (Phi) is 9.88. The summed E-state index contributed by atoms with van der Waals surface area (Å²) in [5.74, 6) is 3.34. The fourth-order valence-corrected chi connectivity index (χ4v) is 6.33. The second kappa shape index (κ2) is 13.9. The van der Waals surface area contributed by atoms with Crippen molar-refractivity contribution in [3.05, 3.63) is 82.9 Å². The van der Waals surface area contributed by atoms with Gasteiger partial charge in [-0.05, 0) is 117 Å². The zero-order valence-corrected chi connectivity index (χ0v) is 24.7.